The van der Waals surface area contributed by atoms with E-state index in [4.69, 9.17) is 0 Å². The third kappa shape index (κ3) is 6.36. The molecule has 120 valence electrons. The smallest absolute Gasteiger partial charge is 0.191 e. The van der Waals surface area contributed by atoms with E-state index >= 15 is 0 Å². The maximum atomic E-state index is 4.25. The molecule has 0 aliphatic heterocycles. The lowest BCUT2D eigenvalue weighted by molar-refractivity contribution is 0.798. The number of hydrogen-bond donors (Lipinski definition) is 2. The van der Waals surface area contributed by atoms with Crippen LogP contribution in [0.25, 0.3) is 0 Å². The highest BCUT2D eigenvalue weighted by Gasteiger charge is 2.00. The van der Waals surface area contributed by atoms with Crippen LogP contribution in [0.2, 0.25) is 0 Å². The van der Waals surface area contributed by atoms with E-state index in [9.17, 15) is 0 Å². The summed E-state index contributed by atoms with van der Waals surface area (Å²) in [5.41, 5.74) is 4.02. The predicted octanol–water partition coefficient (Wildman–Crippen LogP) is 3.89. The molecule has 0 saturated heterocycles. The average molecular weight is 429 g/mol. The minimum atomic E-state index is 0. The normalized spacial score (nSPS) is 11.0. The summed E-state index contributed by atoms with van der Waals surface area (Å²) in [7, 11) is 1.81. The summed E-state index contributed by atoms with van der Waals surface area (Å²) in [4.78, 5) is 5.57. The van der Waals surface area contributed by atoms with Gasteiger partial charge in [0.15, 0.2) is 5.96 Å². The molecule has 3 nitrogen and oxygen atoms in total. The molecule has 0 fully saturated rings. The summed E-state index contributed by atoms with van der Waals surface area (Å²) in [6, 6.07) is 10.9. The van der Waals surface area contributed by atoms with E-state index in [1.54, 1.807) is 18.4 Å². The van der Waals surface area contributed by atoms with Crippen molar-refractivity contribution in [3.8, 4) is 0 Å². The van der Waals surface area contributed by atoms with E-state index in [2.05, 4.69) is 65.2 Å². The molecule has 5 heteroatoms. The van der Waals surface area contributed by atoms with Crippen molar-refractivity contribution in [3.63, 3.8) is 0 Å². The summed E-state index contributed by atoms with van der Waals surface area (Å²) >= 11 is 1.75. The lowest BCUT2D eigenvalue weighted by Gasteiger charge is -2.11. The number of hydrogen-bond acceptors (Lipinski definition) is 2. The highest BCUT2D eigenvalue weighted by atomic mass is 127. The summed E-state index contributed by atoms with van der Waals surface area (Å²) in [5.74, 6) is 0.854. The Kier molecular flexibility index (Phi) is 8.48. The van der Waals surface area contributed by atoms with Gasteiger partial charge >= 0.3 is 0 Å². The van der Waals surface area contributed by atoms with Crippen molar-refractivity contribution in [2.24, 2.45) is 4.99 Å². The topological polar surface area (TPSA) is 36.4 Å². The fraction of sp³-hybridized carbons (Fsp3) is 0.353. The molecule has 0 saturated carbocycles. The second-order valence-corrected chi connectivity index (χ2v) is 6.21. The van der Waals surface area contributed by atoms with Gasteiger partial charge in [-0.15, -0.1) is 35.3 Å². The quantitative estimate of drug-likeness (QED) is 0.430. The molecule has 0 atom stereocenters. The van der Waals surface area contributed by atoms with Gasteiger partial charge in [0.05, 0.1) is 6.54 Å². The summed E-state index contributed by atoms with van der Waals surface area (Å²) in [6.45, 7) is 5.99. The van der Waals surface area contributed by atoms with Crippen molar-refractivity contribution in [1.82, 2.24) is 10.6 Å². The van der Waals surface area contributed by atoms with Gasteiger partial charge in [-0.25, -0.2) is 0 Å². The Bertz CT molecular complexity index is 574. The Morgan fingerprint density at radius 2 is 1.86 bits per heavy atom. The molecule has 0 amide bonds. The second-order valence-electron chi connectivity index (χ2n) is 5.18. The number of thiophene rings is 1. The second kappa shape index (κ2) is 9.84. The van der Waals surface area contributed by atoms with Crippen LogP contribution in [0.1, 0.15) is 21.6 Å². The van der Waals surface area contributed by atoms with E-state index in [1.165, 1.54) is 21.6 Å². The number of aliphatic imine (C=N–C) groups is 1. The average Bonchev–Trinajstić information content (AvgIpc) is 2.94. The molecule has 0 aliphatic rings. The Balaban J connectivity index is 0.00000242. The van der Waals surface area contributed by atoms with Gasteiger partial charge in [-0.1, -0.05) is 35.4 Å². The first-order valence-electron chi connectivity index (χ1n) is 7.21. The van der Waals surface area contributed by atoms with Crippen LogP contribution in [0.3, 0.4) is 0 Å². The third-order valence-corrected chi connectivity index (χ3v) is 4.10. The Labute approximate surface area is 154 Å². The van der Waals surface area contributed by atoms with Crippen LogP contribution in [0, 0.1) is 13.8 Å². The van der Waals surface area contributed by atoms with Crippen molar-refractivity contribution in [2.75, 3.05) is 13.6 Å². The summed E-state index contributed by atoms with van der Waals surface area (Å²) in [6.07, 6.45) is 1.00. The van der Waals surface area contributed by atoms with Gasteiger partial charge in [0.2, 0.25) is 0 Å². The van der Waals surface area contributed by atoms with E-state index in [0.29, 0.717) is 0 Å². The number of benzene rings is 1. The number of nitrogens with zero attached hydrogens (tertiary/aromatic N) is 1. The molecule has 2 rings (SSSR count). The van der Waals surface area contributed by atoms with Crippen LogP contribution in [-0.4, -0.2) is 19.6 Å². The monoisotopic (exact) mass is 429 g/mol. The maximum Gasteiger partial charge on any atom is 0.191 e. The zero-order chi connectivity index (χ0) is 15.1. The molecule has 0 aliphatic carbocycles. The van der Waals surface area contributed by atoms with Crippen molar-refractivity contribution in [1.29, 1.82) is 0 Å². The molecule has 0 spiro atoms. The molecule has 2 aromatic rings. The SMILES string of the molecule is CN=C(NCCc1cc(C)cc(C)c1)NCc1cccs1.I. The van der Waals surface area contributed by atoms with Crippen LogP contribution in [0.15, 0.2) is 40.7 Å². The largest absolute Gasteiger partial charge is 0.356 e. The molecule has 1 aromatic carbocycles. The first-order valence-corrected chi connectivity index (χ1v) is 8.09. The van der Waals surface area contributed by atoms with E-state index in [0.717, 1.165) is 25.5 Å². The van der Waals surface area contributed by atoms with Gasteiger partial charge in [-0.3, -0.25) is 4.99 Å². The molecular formula is C17H24IN3S. The number of halogens is 1. The molecule has 2 N–H and O–H groups in total. The third-order valence-electron chi connectivity index (χ3n) is 3.22. The highest BCUT2D eigenvalue weighted by molar-refractivity contribution is 14.0. The highest BCUT2D eigenvalue weighted by Crippen LogP contribution is 2.09. The zero-order valence-electron chi connectivity index (χ0n) is 13.3. The Morgan fingerprint density at radius 3 is 2.45 bits per heavy atom. The zero-order valence-corrected chi connectivity index (χ0v) is 16.5. The lowest BCUT2D eigenvalue weighted by atomic mass is 10.1. The van der Waals surface area contributed by atoms with Crippen molar-refractivity contribution >= 4 is 41.3 Å². The number of guanidine groups is 1. The maximum absolute atomic E-state index is 4.25. The van der Waals surface area contributed by atoms with Gasteiger partial charge < -0.3 is 10.6 Å². The van der Waals surface area contributed by atoms with Gasteiger partial charge in [0.1, 0.15) is 0 Å². The number of aryl methyl sites for hydroxylation is 2. The number of nitrogens with one attached hydrogen (secondary N) is 2. The molecule has 0 radical (unpaired) electrons. The van der Waals surface area contributed by atoms with E-state index in [-0.39, 0.29) is 24.0 Å². The van der Waals surface area contributed by atoms with Gasteiger partial charge in [0, 0.05) is 18.5 Å². The van der Waals surface area contributed by atoms with Crippen LogP contribution in [0.4, 0.5) is 0 Å². The van der Waals surface area contributed by atoms with Crippen molar-refractivity contribution in [3.05, 3.63) is 57.3 Å². The molecular weight excluding hydrogens is 405 g/mol. The first-order chi connectivity index (χ1) is 10.2. The predicted molar refractivity (Wildman–Crippen MR) is 108 cm³/mol. The Hall–Kier alpha value is -1.08. The fourth-order valence-electron chi connectivity index (χ4n) is 2.34. The molecule has 1 aromatic heterocycles. The summed E-state index contributed by atoms with van der Waals surface area (Å²) in [5, 5.41) is 8.78. The van der Waals surface area contributed by atoms with Crippen LogP contribution in [0.5, 0.6) is 0 Å². The lowest BCUT2D eigenvalue weighted by Crippen LogP contribution is -2.37. The van der Waals surface area contributed by atoms with Crippen molar-refractivity contribution < 1.29 is 0 Å². The summed E-state index contributed by atoms with van der Waals surface area (Å²) < 4.78 is 0. The molecule has 0 bridgehead atoms. The fourth-order valence-corrected chi connectivity index (χ4v) is 2.99. The van der Waals surface area contributed by atoms with Crippen LogP contribution >= 0.6 is 35.3 Å². The van der Waals surface area contributed by atoms with Crippen LogP contribution < -0.4 is 10.6 Å². The Morgan fingerprint density at radius 1 is 1.14 bits per heavy atom. The van der Waals surface area contributed by atoms with Gasteiger partial charge in [-0.05, 0) is 37.3 Å². The minimum Gasteiger partial charge on any atom is -0.356 e. The van der Waals surface area contributed by atoms with E-state index in [1.807, 2.05) is 0 Å². The van der Waals surface area contributed by atoms with Gasteiger partial charge in [-0.2, -0.15) is 0 Å². The molecule has 1 heterocycles. The van der Waals surface area contributed by atoms with Gasteiger partial charge in [0.25, 0.3) is 0 Å². The standard InChI is InChI=1S/C17H23N3S.HI/c1-13-9-14(2)11-15(10-13)6-7-19-17(18-3)20-12-16-5-4-8-21-16;/h4-5,8-11H,6-7,12H2,1-3H3,(H2,18,19,20);1H. The first kappa shape index (κ1) is 19.0. The minimum absolute atomic E-state index is 0. The van der Waals surface area contributed by atoms with Crippen molar-refractivity contribution in [2.45, 2.75) is 26.8 Å². The number of rotatable bonds is 5. The van der Waals surface area contributed by atoms with E-state index < -0.39 is 0 Å². The molecule has 22 heavy (non-hydrogen) atoms. The van der Waals surface area contributed by atoms with Crippen LogP contribution in [-0.2, 0) is 13.0 Å². The molecule has 0 unspecified atom stereocenters.